The van der Waals surface area contributed by atoms with Crippen LogP contribution < -0.4 is 0 Å². The molecule has 0 aromatic heterocycles. The van der Waals surface area contributed by atoms with Crippen LogP contribution in [0.3, 0.4) is 0 Å². The summed E-state index contributed by atoms with van der Waals surface area (Å²) in [7, 11) is 0. The topological polar surface area (TPSA) is 17.1 Å². The Morgan fingerprint density at radius 3 is 2.92 bits per heavy atom. The van der Waals surface area contributed by atoms with E-state index in [1.807, 2.05) is 6.92 Å². The van der Waals surface area contributed by atoms with E-state index in [9.17, 15) is 4.79 Å². The fraction of sp³-hybridized carbons (Fsp3) is 0.667. The standard InChI is InChI=1S/C9H13ClOS/c1-8(6-10)5-9(7-11)3-2-4-12-9/h6-7H,2-5H2,1H3/b8-6+. The van der Waals surface area contributed by atoms with Gasteiger partial charge in [0.2, 0.25) is 0 Å². The van der Waals surface area contributed by atoms with Crippen molar-refractivity contribution in [3.8, 4) is 0 Å². The molecule has 0 aromatic rings. The number of halogens is 1. The normalized spacial score (nSPS) is 30.7. The molecule has 3 heteroatoms. The summed E-state index contributed by atoms with van der Waals surface area (Å²) in [6.07, 6.45) is 4.06. The second-order valence-corrected chi connectivity index (χ2v) is 5.00. The highest BCUT2D eigenvalue weighted by Crippen LogP contribution is 2.41. The maximum atomic E-state index is 10.9. The Hall–Kier alpha value is 0.0500. The van der Waals surface area contributed by atoms with Crippen molar-refractivity contribution >= 4 is 29.6 Å². The minimum Gasteiger partial charge on any atom is -0.302 e. The van der Waals surface area contributed by atoms with Crippen LogP contribution in [0.1, 0.15) is 26.2 Å². The summed E-state index contributed by atoms with van der Waals surface area (Å²) >= 11 is 7.33. The van der Waals surface area contributed by atoms with Crippen LogP contribution in [0.15, 0.2) is 11.1 Å². The number of thioether (sulfide) groups is 1. The van der Waals surface area contributed by atoms with E-state index in [0.717, 1.165) is 36.9 Å². The van der Waals surface area contributed by atoms with Gasteiger partial charge in [0.05, 0.1) is 4.75 Å². The highest BCUT2D eigenvalue weighted by atomic mass is 35.5. The maximum Gasteiger partial charge on any atom is 0.136 e. The van der Waals surface area contributed by atoms with Crippen molar-refractivity contribution in [2.45, 2.75) is 30.9 Å². The lowest BCUT2D eigenvalue weighted by Gasteiger charge is -2.20. The molecule has 0 amide bonds. The van der Waals surface area contributed by atoms with Gasteiger partial charge in [0.15, 0.2) is 0 Å². The fourth-order valence-corrected chi connectivity index (χ4v) is 2.96. The molecular weight excluding hydrogens is 192 g/mol. The monoisotopic (exact) mass is 204 g/mol. The smallest absolute Gasteiger partial charge is 0.136 e. The van der Waals surface area contributed by atoms with Crippen LogP contribution in [-0.2, 0) is 4.79 Å². The fourth-order valence-electron chi connectivity index (χ4n) is 1.50. The maximum absolute atomic E-state index is 10.9. The number of carbonyl (C=O) groups is 1. The molecule has 1 unspecified atom stereocenters. The first kappa shape index (κ1) is 10.1. The summed E-state index contributed by atoms with van der Waals surface area (Å²) in [4.78, 5) is 10.9. The van der Waals surface area contributed by atoms with E-state index in [2.05, 4.69) is 0 Å². The van der Waals surface area contributed by atoms with E-state index < -0.39 is 0 Å². The number of allylic oxidation sites excluding steroid dienone is 1. The van der Waals surface area contributed by atoms with Gasteiger partial charge in [-0.25, -0.2) is 0 Å². The molecule has 1 fully saturated rings. The SMILES string of the molecule is C/C(=C\Cl)CC1(C=O)CCCS1. The molecule has 0 aromatic carbocycles. The van der Waals surface area contributed by atoms with Crippen LogP contribution in [0.2, 0.25) is 0 Å². The lowest BCUT2D eigenvalue weighted by molar-refractivity contribution is -0.109. The molecule has 1 saturated heterocycles. The van der Waals surface area contributed by atoms with Crippen molar-refractivity contribution in [3.63, 3.8) is 0 Å². The van der Waals surface area contributed by atoms with E-state index >= 15 is 0 Å². The summed E-state index contributed by atoms with van der Waals surface area (Å²) in [5.74, 6) is 1.11. The van der Waals surface area contributed by atoms with Crippen molar-refractivity contribution < 1.29 is 4.79 Å². The number of hydrogen-bond acceptors (Lipinski definition) is 2. The molecule has 0 spiro atoms. The van der Waals surface area contributed by atoms with Crippen LogP contribution >= 0.6 is 23.4 Å². The van der Waals surface area contributed by atoms with Crippen LogP contribution in [-0.4, -0.2) is 16.8 Å². The summed E-state index contributed by atoms with van der Waals surface area (Å²) in [5.41, 5.74) is 2.67. The first-order chi connectivity index (χ1) is 5.72. The first-order valence-corrected chi connectivity index (χ1v) is 5.51. The Balaban J connectivity index is 2.61. The van der Waals surface area contributed by atoms with E-state index in [1.54, 1.807) is 17.3 Å². The van der Waals surface area contributed by atoms with Gasteiger partial charge < -0.3 is 4.79 Å². The van der Waals surface area contributed by atoms with Gasteiger partial charge >= 0.3 is 0 Å². The molecule has 1 nitrogen and oxygen atoms in total. The molecule has 0 saturated carbocycles. The van der Waals surface area contributed by atoms with Gasteiger partial charge in [-0.1, -0.05) is 17.2 Å². The first-order valence-electron chi connectivity index (χ1n) is 4.08. The van der Waals surface area contributed by atoms with E-state index in [1.165, 1.54) is 0 Å². The Morgan fingerprint density at radius 1 is 1.75 bits per heavy atom. The molecule has 1 heterocycles. The summed E-state index contributed by atoms with van der Waals surface area (Å²) < 4.78 is -0.157. The predicted octanol–water partition coefficient (Wildman–Crippen LogP) is 2.98. The quantitative estimate of drug-likeness (QED) is 0.658. The Kier molecular flexibility index (Phi) is 3.66. The van der Waals surface area contributed by atoms with E-state index in [0.29, 0.717) is 0 Å². The third-order valence-electron chi connectivity index (χ3n) is 2.11. The predicted molar refractivity (Wildman–Crippen MR) is 54.7 cm³/mol. The number of carbonyl (C=O) groups excluding carboxylic acids is 1. The van der Waals surface area contributed by atoms with Crippen LogP contribution in [0.25, 0.3) is 0 Å². The zero-order chi connectivity index (χ0) is 9.03. The molecule has 12 heavy (non-hydrogen) atoms. The highest BCUT2D eigenvalue weighted by molar-refractivity contribution is 8.01. The molecule has 0 bridgehead atoms. The summed E-state index contributed by atoms with van der Waals surface area (Å²) in [5, 5.41) is 0. The molecule has 1 aliphatic heterocycles. The van der Waals surface area contributed by atoms with Gasteiger partial charge in [-0.3, -0.25) is 0 Å². The van der Waals surface area contributed by atoms with Gasteiger partial charge in [-0.15, -0.1) is 11.8 Å². The summed E-state index contributed by atoms with van der Waals surface area (Å²) in [6, 6.07) is 0. The lowest BCUT2D eigenvalue weighted by atomic mass is 9.97. The van der Waals surface area contributed by atoms with Crippen LogP contribution in [0.4, 0.5) is 0 Å². The second-order valence-electron chi connectivity index (χ2n) is 3.27. The number of rotatable bonds is 3. The Bertz CT molecular complexity index is 195. The zero-order valence-corrected chi connectivity index (χ0v) is 8.75. The van der Waals surface area contributed by atoms with Crippen molar-refractivity contribution in [3.05, 3.63) is 11.1 Å². The molecule has 1 rings (SSSR count). The summed E-state index contributed by atoms with van der Waals surface area (Å²) in [6.45, 7) is 1.97. The van der Waals surface area contributed by atoms with Gasteiger partial charge in [0.1, 0.15) is 6.29 Å². The minimum absolute atomic E-state index is 0.157. The lowest BCUT2D eigenvalue weighted by Crippen LogP contribution is -2.23. The van der Waals surface area contributed by atoms with Crippen LogP contribution in [0, 0.1) is 0 Å². The molecule has 0 aliphatic carbocycles. The Morgan fingerprint density at radius 2 is 2.50 bits per heavy atom. The second kappa shape index (κ2) is 4.33. The molecule has 0 N–H and O–H groups in total. The molecular formula is C9H13ClOS. The molecule has 0 radical (unpaired) electrons. The van der Waals surface area contributed by atoms with Crippen LogP contribution in [0.5, 0.6) is 0 Å². The zero-order valence-electron chi connectivity index (χ0n) is 7.18. The minimum atomic E-state index is -0.157. The number of aldehydes is 1. The van der Waals surface area contributed by atoms with Gasteiger partial charge in [-0.2, -0.15) is 0 Å². The molecule has 68 valence electrons. The molecule has 1 atom stereocenters. The van der Waals surface area contributed by atoms with E-state index in [-0.39, 0.29) is 4.75 Å². The van der Waals surface area contributed by atoms with Crippen molar-refractivity contribution in [1.82, 2.24) is 0 Å². The largest absolute Gasteiger partial charge is 0.302 e. The third kappa shape index (κ3) is 2.27. The average molecular weight is 205 g/mol. The van der Waals surface area contributed by atoms with Gasteiger partial charge in [0.25, 0.3) is 0 Å². The third-order valence-corrected chi connectivity index (χ3v) is 4.00. The highest BCUT2D eigenvalue weighted by Gasteiger charge is 2.34. The van der Waals surface area contributed by atoms with Crippen molar-refractivity contribution in [2.24, 2.45) is 0 Å². The van der Waals surface area contributed by atoms with Crippen molar-refractivity contribution in [2.75, 3.05) is 5.75 Å². The van der Waals surface area contributed by atoms with Gasteiger partial charge in [-0.05, 0) is 31.9 Å². The number of hydrogen-bond donors (Lipinski definition) is 0. The van der Waals surface area contributed by atoms with Gasteiger partial charge in [0, 0.05) is 5.54 Å². The van der Waals surface area contributed by atoms with Crippen molar-refractivity contribution in [1.29, 1.82) is 0 Å². The van der Waals surface area contributed by atoms with E-state index in [4.69, 9.17) is 11.6 Å². The molecule has 1 aliphatic rings. The Labute approximate surface area is 82.6 Å². The average Bonchev–Trinajstić information content (AvgIpc) is 2.54.